The van der Waals surface area contributed by atoms with Gasteiger partial charge in [0, 0.05) is 21.9 Å². The monoisotopic (exact) mass is 616 g/mol. The van der Waals surface area contributed by atoms with Crippen molar-refractivity contribution in [3.05, 3.63) is 157 Å². The highest BCUT2D eigenvalue weighted by Crippen LogP contribution is 2.53. The van der Waals surface area contributed by atoms with E-state index >= 15 is 0 Å². The van der Waals surface area contributed by atoms with Crippen LogP contribution in [0, 0.1) is 13.8 Å². The highest BCUT2D eigenvalue weighted by molar-refractivity contribution is 6.26. The van der Waals surface area contributed by atoms with Crippen LogP contribution in [0.25, 0.3) is 87.2 Å². The molecule has 228 valence electrons. The zero-order valence-electron chi connectivity index (χ0n) is 26.8. The van der Waals surface area contributed by atoms with Gasteiger partial charge in [-0.15, -0.1) is 0 Å². The Morgan fingerprint density at radius 3 is 1.17 bits per heavy atom. The minimum absolute atomic E-state index is 0.198. The third-order valence-corrected chi connectivity index (χ3v) is 10.2. The predicted octanol–water partition coefficient (Wildman–Crippen LogP) is 12.5. The smallest absolute Gasteiger partial charge is 0.127 e. The molecule has 9 aromatic carbocycles. The van der Waals surface area contributed by atoms with Crippen molar-refractivity contribution >= 4 is 53.9 Å². The minimum Gasteiger partial charge on any atom is -0.507 e. The molecule has 2 heteroatoms. The number of hydrogen-bond acceptors (Lipinski definition) is 2. The largest absolute Gasteiger partial charge is 0.507 e. The molecule has 9 aromatic rings. The molecule has 0 aromatic heterocycles. The maximum atomic E-state index is 12.1. The van der Waals surface area contributed by atoms with Gasteiger partial charge in [0.15, 0.2) is 0 Å². The van der Waals surface area contributed by atoms with Crippen LogP contribution in [0.3, 0.4) is 0 Å². The summed E-state index contributed by atoms with van der Waals surface area (Å²) in [6.45, 7) is 3.77. The fourth-order valence-corrected chi connectivity index (χ4v) is 7.53. The van der Waals surface area contributed by atoms with Crippen LogP contribution < -0.4 is 0 Å². The second-order valence-corrected chi connectivity index (χ2v) is 12.9. The summed E-state index contributed by atoms with van der Waals surface area (Å²) in [5.41, 5.74) is 7.37. The average Bonchev–Trinajstić information content (AvgIpc) is 3.14. The van der Waals surface area contributed by atoms with Gasteiger partial charge in [0.1, 0.15) is 11.5 Å². The van der Waals surface area contributed by atoms with Gasteiger partial charge >= 0.3 is 0 Å². The van der Waals surface area contributed by atoms with Crippen LogP contribution in [0.15, 0.2) is 146 Å². The van der Waals surface area contributed by atoms with Crippen LogP contribution in [0.5, 0.6) is 11.5 Å². The summed E-state index contributed by atoms with van der Waals surface area (Å²) in [6.07, 6.45) is 0. The number of hydrogen-bond donors (Lipinski definition) is 2. The molecule has 48 heavy (non-hydrogen) atoms. The van der Waals surface area contributed by atoms with E-state index in [4.69, 9.17) is 0 Å². The Labute approximate surface area is 278 Å². The van der Waals surface area contributed by atoms with Crippen molar-refractivity contribution in [2.45, 2.75) is 13.8 Å². The second-order valence-electron chi connectivity index (χ2n) is 12.9. The number of aromatic hydroxyl groups is 2. The first-order chi connectivity index (χ1) is 23.5. The molecule has 0 saturated heterocycles. The normalized spacial score (nSPS) is 11.7. The molecular weight excluding hydrogens is 585 g/mol. The van der Waals surface area contributed by atoms with E-state index in [1.54, 1.807) is 0 Å². The van der Waals surface area contributed by atoms with Crippen molar-refractivity contribution in [1.82, 2.24) is 0 Å². The van der Waals surface area contributed by atoms with Gasteiger partial charge in [0.25, 0.3) is 0 Å². The summed E-state index contributed by atoms with van der Waals surface area (Å²) in [5, 5.41) is 34.5. The van der Waals surface area contributed by atoms with E-state index in [9.17, 15) is 10.2 Å². The van der Waals surface area contributed by atoms with Gasteiger partial charge in [-0.2, -0.15) is 0 Å². The minimum atomic E-state index is 0.198. The molecule has 2 nitrogen and oxygen atoms in total. The zero-order chi connectivity index (χ0) is 32.5. The molecule has 0 amide bonds. The highest BCUT2D eigenvalue weighted by Gasteiger charge is 2.25. The Hall–Kier alpha value is -6.12. The lowest BCUT2D eigenvalue weighted by Crippen LogP contribution is -1.96. The number of phenolic OH excluding ortho intramolecular Hbond substituents is 2. The summed E-state index contributed by atoms with van der Waals surface area (Å²) in [7, 11) is 0. The predicted molar refractivity (Wildman–Crippen MR) is 203 cm³/mol. The standard InChI is InChI=1S/C46H32O2/c1-27-28(2)46(48)44-42(38-20-17-31-11-5-8-14-34(31)25-38)40-26-36(35-18-15-29-9-3-6-12-32(29)23-35)21-22-39(40)41(43(44)45(27)47)37-19-16-30-10-4-7-13-33(30)24-37/h3-26,47-48H,1-2H3. The summed E-state index contributed by atoms with van der Waals surface area (Å²) >= 11 is 0. The molecule has 0 aliphatic rings. The zero-order valence-corrected chi connectivity index (χ0v) is 26.8. The molecule has 9 rings (SSSR count). The lowest BCUT2D eigenvalue weighted by atomic mass is 9.82. The number of rotatable bonds is 3. The van der Waals surface area contributed by atoms with Gasteiger partial charge in [-0.25, -0.2) is 0 Å². The summed E-state index contributed by atoms with van der Waals surface area (Å²) in [4.78, 5) is 0. The fourth-order valence-electron chi connectivity index (χ4n) is 7.53. The Kier molecular flexibility index (Phi) is 6.28. The first-order valence-electron chi connectivity index (χ1n) is 16.4. The molecular formula is C46H32O2. The molecule has 2 N–H and O–H groups in total. The van der Waals surface area contributed by atoms with Crippen LogP contribution in [-0.4, -0.2) is 10.2 Å². The van der Waals surface area contributed by atoms with E-state index in [0.29, 0.717) is 21.9 Å². The van der Waals surface area contributed by atoms with E-state index in [1.807, 2.05) is 13.8 Å². The van der Waals surface area contributed by atoms with Crippen molar-refractivity contribution in [1.29, 1.82) is 0 Å². The average molecular weight is 617 g/mol. The van der Waals surface area contributed by atoms with Gasteiger partial charge in [-0.05, 0) is 115 Å². The van der Waals surface area contributed by atoms with E-state index in [1.165, 1.54) is 10.8 Å². The van der Waals surface area contributed by atoms with Crippen LogP contribution in [0.1, 0.15) is 11.1 Å². The Balaban J connectivity index is 1.47. The molecule has 0 heterocycles. The third-order valence-electron chi connectivity index (χ3n) is 10.2. The lowest BCUT2D eigenvalue weighted by Gasteiger charge is -2.22. The van der Waals surface area contributed by atoms with Gasteiger partial charge in [0.2, 0.25) is 0 Å². The van der Waals surface area contributed by atoms with Crippen molar-refractivity contribution in [2.24, 2.45) is 0 Å². The molecule has 0 aliphatic carbocycles. The summed E-state index contributed by atoms with van der Waals surface area (Å²) < 4.78 is 0. The molecule has 0 fully saturated rings. The maximum absolute atomic E-state index is 12.1. The molecule has 0 bridgehead atoms. The van der Waals surface area contributed by atoms with Crippen LogP contribution >= 0.6 is 0 Å². The summed E-state index contributed by atoms with van der Waals surface area (Å²) in [5.74, 6) is 0.398. The number of benzene rings is 9. The fraction of sp³-hybridized carbons (Fsp3) is 0.0435. The SMILES string of the molecule is Cc1c(C)c(O)c2c(-c3ccc4ccccc4c3)c3cc(-c4ccc5ccccc5c4)ccc3c(-c3ccc4ccccc4c3)c2c1O. The molecule has 0 aliphatic heterocycles. The molecule has 0 saturated carbocycles. The van der Waals surface area contributed by atoms with Crippen LogP contribution in [0.2, 0.25) is 0 Å². The van der Waals surface area contributed by atoms with E-state index in [-0.39, 0.29) is 11.5 Å². The van der Waals surface area contributed by atoms with Crippen molar-refractivity contribution in [2.75, 3.05) is 0 Å². The Morgan fingerprint density at radius 1 is 0.333 bits per heavy atom. The molecule has 0 atom stereocenters. The molecule has 0 spiro atoms. The van der Waals surface area contributed by atoms with E-state index in [0.717, 1.165) is 65.7 Å². The lowest BCUT2D eigenvalue weighted by molar-refractivity contribution is 0.463. The molecule has 0 radical (unpaired) electrons. The van der Waals surface area contributed by atoms with Gasteiger partial charge < -0.3 is 10.2 Å². The van der Waals surface area contributed by atoms with E-state index in [2.05, 4.69) is 146 Å². The Morgan fingerprint density at radius 2 is 0.688 bits per heavy atom. The van der Waals surface area contributed by atoms with Gasteiger partial charge in [-0.1, -0.05) is 121 Å². The van der Waals surface area contributed by atoms with Crippen LogP contribution in [-0.2, 0) is 0 Å². The molecule has 0 unspecified atom stereocenters. The Bertz CT molecular complexity index is 2770. The van der Waals surface area contributed by atoms with Crippen molar-refractivity contribution in [3.63, 3.8) is 0 Å². The third kappa shape index (κ3) is 4.27. The second kappa shape index (κ2) is 10.7. The maximum Gasteiger partial charge on any atom is 0.127 e. The quantitative estimate of drug-likeness (QED) is 0.153. The first-order valence-corrected chi connectivity index (χ1v) is 16.4. The van der Waals surface area contributed by atoms with Gasteiger partial charge in [0.05, 0.1) is 0 Å². The highest BCUT2D eigenvalue weighted by atomic mass is 16.3. The number of fused-ring (bicyclic) bond motifs is 5. The van der Waals surface area contributed by atoms with Crippen molar-refractivity contribution in [3.8, 4) is 44.9 Å². The van der Waals surface area contributed by atoms with Crippen molar-refractivity contribution < 1.29 is 10.2 Å². The van der Waals surface area contributed by atoms with Gasteiger partial charge in [-0.3, -0.25) is 0 Å². The summed E-state index contributed by atoms with van der Waals surface area (Å²) in [6, 6.07) is 51.3. The van der Waals surface area contributed by atoms with Crippen LogP contribution in [0.4, 0.5) is 0 Å². The van der Waals surface area contributed by atoms with E-state index < -0.39 is 0 Å². The first kappa shape index (κ1) is 28.1. The number of phenols is 2. The topological polar surface area (TPSA) is 40.5 Å².